The van der Waals surface area contributed by atoms with E-state index < -0.39 is 12.0 Å². The van der Waals surface area contributed by atoms with Crippen LogP contribution in [0.1, 0.15) is 12.8 Å². The quantitative estimate of drug-likeness (QED) is 0.369. The van der Waals surface area contributed by atoms with E-state index in [-0.39, 0.29) is 0 Å². The zero-order chi connectivity index (χ0) is 11.3. The molecule has 0 saturated heterocycles. The lowest BCUT2D eigenvalue weighted by molar-refractivity contribution is -0.138. The van der Waals surface area contributed by atoms with Crippen molar-refractivity contribution in [3.8, 4) is 0 Å². The molecule has 1 aliphatic rings. The van der Waals surface area contributed by atoms with Crippen molar-refractivity contribution in [3.05, 3.63) is 23.8 Å². The van der Waals surface area contributed by atoms with Crippen molar-refractivity contribution in [1.82, 2.24) is 5.53 Å². The second kappa shape index (κ2) is 5.28. The maximum Gasteiger partial charge on any atom is 0.320 e. The number of nitrogens with zero attached hydrogens (tertiary/aromatic N) is 1. The van der Waals surface area contributed by atoms with Crippen molar-refractivity contribution in [2.45, 2.75) is 18.9 Å². The Kier molecular flexibility index (Phi) is 4.02. The molecule has 0 unspecified atom stereocenters. The number of carboxylic acids is 1. The smallest absolute Gasteiger partial charge is 0.320 e. The van der Waals surface area contributed by atoms with E-state index in [2.05, 4.69) is 10.6 Å². The summed E-state index contributed by atoms with van der Waals surface area (Å²) in [6, 6.07) is -0.855. The summed E-state index contributed by atoms with van der Waals surface area (Å²) in [6.07, 6.45) is 6.42. The van der Waals surface area contributed by atoms with Crippen LogP contribution in [-0.4, -0.2) is 22.8 Å². The normalized spacial score (nSPS) is 19.9. The van der Waals surface area contributed by atoms with Crippen LogP contribution in [-0.2, 0) is 4.79 Å². The van der Waals surface area contributed by atoms with Gasteiger partial charge < -0.3 is 10.8 Å². The molecule has 1 rings (SSSR count). The average Bonchev–Trinajstić information content (AvgIpc) is 2.21. The zero-order valence-corrected chi connectivity index (χ0v) is 8.18. The van der Waals surface area contributed by atoms with Crippen LogP contribution in [0.5, 0.6) is 0 Å². The van der Waals surface area contributed by atoms with Crippen molar-refractivity contribution in [1.29, 1.82) is 0 Å². The lowest BCUT2D eigenvalue weighted by Crippen LogP contribution is -2.30. The first-order chi connectivity index (χ1) is 7.13. The van der Waals surface area contributed by atoms with Gasteiger partial charge in [0.05, 0.1) is 5.71 Å². The minimum atomic E-state index is -0.993. The van der Waals surface area contributed by atoms with Gasteiger partial charge in [-0.15, -0.1) is 0 Å². The number of hydrazone groups is 1. The number of carboxylic acid groups (broad SMARTS) is 1. The van der Waals surface area contributed by atoms with Gasteiger partial charge in [-0.25, -0.2) is 11.4 Å². The van der Waals surface area contributed by atoms with E-state index in [1.807, 2.05) is 6.08 Å². The number of rotatable bonds is 4. The molecular weight excluding hydrogens is 196 g/mol. The van der Waals surface area contributed by atoms with Gasteiger partial charge in [0.25, 0.3) is 0 Å². The number of hydrazine groups is 1. The first-order valence-electron chi connectivity index (χ1n) is 4.51. The van der Waals surface area contributed by atoms with E-state index in [4.69, 9.17) is 16.7 Å². The molecule has 0 aromatic heterocycles. The van der Waals surface area contributed by atoms with Gasteiger partial charge in [-0.2, -0.15) is 5.10 Å². The van der Waals surface area contributed by atoms with E-state index in [0.29, 0.717) is 12.8 Å². The molecule has 0 saturated carbocycles. The Labute approximate surface area is 87.3 Å². The number of carbonyl (C=O) groups is 1. The van der Waals surface area contributed by atoms with E-state index >= 15 is 0 Å². The van der Waals surface area contributed by atoms with Crippen LogP contribution in [0.15, 0.2) is 28.9 Å². The number of aliphatic carboxylic acids is 1. The SMILES string of the molecule is NNN=C1C=CC(C[C@H](N)C(=O)O)=CC1. The second-order valence-corrected chi connectivity index (χ2v) is 3.20. The van der Waals surface area contributed by atoms with Crippen molar-refractivity contribution >= 4 is 11.7 Å². The van der Waals surface area contributed by atoms with Gasteiger partial charge in [0, 0.05) is 6.42 Å². The van der Waals surface area contributed by atoms with E-state index in [9.17, 15) is 4.79 Å². The molecule has 0 aromatic rings. The van der Waals surface area contributed by atoms with Crippen molar-refractivity contribution < 1.29 is 9.90 Å². The molecule has 0 amide bonds. The van der Waals surface area contributed by atoms with Crippen LogP contribution in [0.3, 0.4) is 0 Å². The summed E-state index contributed by atoms with van der Waals surface area (Å²) < 4.78 is 0. The minimum Gasteiger partial charge on any atom is -0.480 e. The predicted molar refractivity (Wildman–Crippen MR) is 56.8 cm³/mol. The predicted octanol–water partition coefficient (Wildman–Crippen LogP) is -0.506. The monoisotopic (exact) mass is 210 g/mol. The first-order valence-corrected chi connectivity index (χ1v) is 4.51. The summed E-state index contributed by atoms with van der Waals surface area (Å²) in [5, 5.41) is 12.4. The molecule has 0 heterocycles. The molecule has 82 valence electrons. The third-order valence-corrected chi connectivity index (χ3v) is 2.04. The van der Waals surface area contributed by atoms with Gasteiger partial charge >= 0.3 is 5.97 Å². The molecule has 6 N–H and O–H groups in total. The van der Waals surface area contributed by atoms with Crippen LogP contribution in [0.25, 0.3) is 0 Å². The first kappa shape index (κ1) is 11.4. The third kappa shape index (κ3) is 3.53. The molecule has 0 aliphatic heterocycles. The van der Waals surface area contributed by atoms with Crippen molar-refractivity contribution in [2.24, 2.45) is 16.7 Å². The number of hydrogen-bond acceptors (Lipinski definition) is 5. The highest BCUT2D eigenvalue weighted by Crippen LogP contribution is 2.13. The Balaban J connectivity index is 2.52. The fourth-order valence-corrected chi connectivity index (χ4v) is 1.23. The third-order valence-electron chi connectivity index (χ3n) is 2.04. The number of nitrogens with two attached hydrogens (primary N) is 2. The molecule has 1 atom stereocenters. The minimum absolute atomic E-state index is 0.329. The molecule has 15 heavy (non-hydrogen) atoms. The Morgan fingerprint density at radius 1 is 1.67 bits per heavy atom. The average molecular weight is 210 g/mol. The molecule has 0 radical (unpaired) electrons. The molecule has 6 nitrogen and oxygen atoms in total. The number of nitrogens with one attached hydrogen (secondary N) is 1. The lowest BCUT2D eigenvalue weighted by atomic mass is 10.00. The van der Waals surface area contributed by atoms with E-state index in [1.54, 1.807) is 12.2 Å². The van der Waals surface area contributed by atoms with E-state index in [1.165, 1.54) is 0 Å². The Morgan fingerprint density at radius 3 is 2.87 bits per heavy atom. The fourth-order valence-electron chi connectivity index (χ4n) is 1.23. The largest absolute Gasteiger partial charge is 0.480 e. The zero-order valence-electron chi connectivity index (χ0n) is 8.18. The van der Waals surface area contributed by atoms with Crippen LogP contribution < -0.4 is 17.1 Å². The topological polar surface area (TPSA) is 114 Å². The van der Waals surface area contributed by atoms with E-state index in [0.717, 1.165) is 11.3 Å². The summed E-state index contributed by atoms with van der Waals surface area (Å²) >= 11 is 0. The van der Waals surface area contributed by atoms with Crippen LogP contribution in [0.2, 0.25) is 0 Å². The molecule has 1 aliphatic carbocycles. The number of allylic oxidation sites excluding steroid dienone is 3. The summed E-state index contributed by atoms with van der Waals surface area (Å²) in [5.74, 6) is 4.03. The van der Waals surface area contributed by atoms with Crippen LogP contribution in [0.4, 0.5) is 0 Å². The summed E-state index contributed by atoms with van der Waals surface area (Å²) in [5.41, 5.74) is 9.30. The van der Waals surface area contributed by atoms with Gasteiger partial charge in [-0.1, -0.05) is 12.2 Å². The van der Waals surface area contributed by atoms with Gasteiger partial charge in [0.2, 0.25) is 0 Å². The molecule has 0 aromatic carbocycles. The highest BCUT2D eigenvalue weighted by molar-refractivity contribution is 5.97. The Hall–Kier alpha value is -1.66. The van der Waals surface area contributed by atoms with Crippen LogP contribution >= 0.6 is 0 Å². The molecule has 0 bridgehead atoms. The van der Waals surface area contributed by atoms with Gasteiger partial charge in [0.1, 0.15) is 6.04 Å². The molecule has 0 spiro atoms. The van der Waals surface area contributed by atoms with Gasteiger partial charge in [0.15, 0.2) is 0 Å². The maximum atomic E-state index is 10.5. The molecule has 0 fully saturated rings. The van der Waals surface area contributed by atoms with Gasteiger partial charge in [-0.3, -0.25) is 4.79 Å². The highest BCUT2D eigenvalue weighted by Gasteiger charge is 2.13. The summed E-state index contributed by atoms with van der Waals surface area (Å²) in [7, 11) is 0. The highest BCUT2D eigenvalue weighted by atomic mass is 16.4. The molecular formula is C9H14N4O2. The van der Waals surface area contributed by atoms with Crippen molar-refractivity contribution in [2.75, 3.05) is 0 Å². The number of hydrogen-bond donors (Lipinski definition) is 4. The molecule has 6 heteroatoms. The summed E-state index contributed by atoms with van der Waals surface area (Å²) in [4.78, 5) is 10.5. The maximum absolute atomic E-state index is 10.5. The van der Waals surface area contributed by atoms with Crippen molar-refractivity contribution in [3.63, 3.8) is 0 Å². The second-order valence-electron chi connectivity index (χ2n) is 3.20. The Bertz CT molecular complexity index is 333. The lowest BCUT2D eigenvalue weighted by Gasteiger charge is -2.10. The Morgan fingerprint density at radius 2 is 2.40 bits per heavy atom. The fraction of sp³-hybridized carbons (Fsp3) is 0.333. The van der Waals surface area contributed by atoms with Crippen LogP contribution in [0, 0.1) is 0 Å². The summed E-state index contributed by atoms with van der Waals surface area (Å²) in [6.45, 7) is 0. The standard InChI is InChI=1S/C9H14N4O2/c10-8(9(14)15)5-6-1-3-7(4-2-6)12-13-11/h1-3,8,13H,4-5,10-11H2,(H,14,15)/t8-/m0/s1. The van der Waals surface area contributed by atoms with Gasteiger partial charge in [-0.05, 0) is 18.1 Å².